The van der Waals surface area contributed by atoms with Gasteiger partial charge < -0.3 is 20.7 Å². The van der Waals surface area contributed by atoms with E-state index < -0.39 is 6.09 Å². The molecule has 3 atom stereocenters. The Bertz CT molecular complexity index is 979. The summed E-state index contributed by atoms with van der Waals surface area (Å²) in [6, 6.07) is 17.7. The highest BCUT2D eigenvalue weighted by atomic mass is 16.5. The van der Waals surface area contributed by atoms with Gasteiger partial charge in [-0.15, -0.1) is 0 Å². The Labute approximate surface area is 194 Å². The molecular formula is C26H31N3O4. The number of hydrogen-bond donors (Lipinski definition) is 3. The van der Waals surface area contributed by atoms with Gasteiger partial charge in [-0.2, -0.15) is 0 Å². The number of fused-ring (bicyclic) bond motifs is 1. The predicted molar refractivity (Wildman–Crippen MR) is 124 cm³/mol. The van der Waals surface area contributed by atoms with Gasteiger partial charge in [0.15, 0.2) is 0 Å². The SMILES string of the molecule is O=C(CNC(=O)OCc1ccccc1)N[C@@H]1CC[C@H](C(=O)N[C@@H]2CCCc3ccccc32)C1. The molecule has 0 radical (unpaired) electrons. The highest BCUT2D eigenvalue weighted by molar-refractivity contribution is 5.83. The van der Waals surface area contributed by atoms with E-state index in [1.165, 1.54) is 11.1 Å². The lowest BCUT2D eigenvalue weighted by molar-refractivity contribution is -0.126. The summed E-state index contributed by atoms with van der Waals surface area (Å²) in [5, 5.41) is 8.63. The van der Waals surface area contributed by atoms with Crippen molar-refractivity contribution in [2.75, 3.05) is 6.54 Å². The number of hydrogen-bond acceptors (Lipinski definition) is 4. The van der Waals surface area contributed by atoms with Crippen LogP contribution in [-0.4, -0.2) is 30.5 Å². The summed E-state index contributed by atoms with van der Waals surface area (Å²) in [5.74, 6) is -0.317. The van der Waals surface area contributed by atoms with Crippen molar-refractivity contribution in [2.45, 2.75) is 57.2 Å². The predicted octanol–water partition coefficient (Wildman–Crippen LogP) is 3.39. The van der Waals surface area contributed by atoms with Crippen LogP contribution in [-0.2, 0) is 27.4 Å². The molecule has 1 fully saturated rings. The van der Waals surface area contributed by atoms with Gasteiger partial charge in [-0.3, -0.25) is 9.59 Å². The summed E-state index contributed by atoms with van der Waals surface area (Å²) in [5.41, 5.74) is 3.43. The second-order valence-corrected chi connectivity index (χ2v) is 8.84. The number of carbonyl (C=O) groups excluding carboxylic acids is 3. The van der Waals surface area contributed by atoms with Crippen LogP contribution < -0.4 is 16.0 Å². The van der Waals surface area contributed by atoms with Gasteiger partial charge in [-0.05, 0) is 55.2 Å². The first-order chi connectivity index (χ1) is 16.1. The molecular weight excluding hydrogens is 418 g/mol. The van der Waals surface area contributed by atoms with E-state index in [0.29, 0.717) is 6.42 Å². The quantitative estimate of drug-likeness (QED) is 0.604. The number of rotatable bonds is 7. The highest BCUT2D eigenvalue weighted by Gasteiger charge is 2.32. The smallest absolute Gasteiger partial charge is 0.407 e. The summed E-state index contributed by atoms with van der Waals surface area (Å²) in [4.78, 5) is 36.9. The number of aryl methyl sites for hydroxylation is 1. The summed E-state index contributed by atoms with van der Waals surface area (Å²) < 4.78 is 5.11. The van der Waals surface area contributed by atoms with E-state index in [2.05, 4.69) is 28.1 Å². The van der Waals surface area contributed by atoms with Crippen molar-refractivity contribution in [3.8, 4) is 0 Å². The fourth-order valence-electron chi connectivity index (χ4n) is 4.75. The Morgan fingerprint density at radius 2 is 1.70 bits per heavy atom. The Morgan fingerprint density at radius 3 is 2.55 bits per heavy atom. The Balaban J connectivity index is 1.16. The fourth-order valence-corrected chi connectivity index (χ4v) is 4.75. The van der Waals surface area contributed by atoms with Crippen molar-refractivity contribution in [1.29, 1.82) is 0 Å². The molecule has 0 aliphatic heterocycles. The van der Waals surface area contributed by atoms with Crippen LogP contribution >= 0.6 is 0 Å². The van der Waals surface area contributed by atoms with Gasteiger partial charge in [-0.1, -0.05) is 54.6 Å². The van der Waals surface area contributed by atoms with Gasteiger partial charge in [0, 0.05) is 12.0 Å². The van der Waals surface area contributed by atoms with Crippen molar-refractivity contribution in [3.05, 3.63) is 71.3 Å². The first-order valence-corrected chi connectivity index (χ1v) is 11.7. The lowest BCUT2D eigenvalue weighted by atomic mass is 9.87. The Hall–Kier alpha value is -3.35. The van der Waals surface area contributed by atoms with E-state index >= 15 is 0 Å². The van der Waals surface area contributed by atoms with Crippen LogP contribution in [0.25, 0.3) is 0 Å². The maximum atomic E-state index is 12.9. The van der Waals surface area contributed by atoms with Gasteiger partial charge in [0.1, 0.15) is 13.2 Å². The molecule has 3 N–H and O–H groups in total. The Morgan fingerprint density at radius 1 is 0.909 bits per heavy atom. The first-order valence-electron chi connectivity index (χ1n) is 11.7. The average Bonchev–Trinajstić information content (AvgIpc) is 3.31. The summed E-state index contributed by atoms with van der Waals surface area (Å²) >= 11 is 0. The maximum absolute atomic E-state index is 12.9. The van der Waals surface area contributed by atoms with Gasteiger partial charge in [-0.25, -0.2) is 4.79 Å². The van der Waals surface area contributed by atoms with Gasteiger partial charge in [0.05, 0.1) is 6.04 Å². The minimum Gasteiger partial charge on any atom is -0.445 e. The number of carbonyl (C=O) groups is 3. The second-order valence-electron chi connectivity index (χ2n) is 8.84. The molecule has 7 heteroatoms. The molecule has 0 saturated heterocycles. The van der Waals surface area contributed by atoms with Crippen LogP contribution in [0.3, 0.4) is 0 Å². The third-order valence-corrected chi connectivity index (χ3v) is 6.46. The van der Waals surface area contributed by atoms with Crippen molar-refractivity contribution >= 4 is 17.9 Å². The third-order valence-electron chi connectivity index (χ3n) is 6.46. The van der Waals surface area contributed by atoms with E-state index in [9.17, 15) is 14.4 Å². The molecule has 174 valence electrons. The van der Waals surface area contributed by atoms with Crippen LogP contribution in [0.2, 0.25) is 0 Å². The van der Waals surface area contributed by atoms with E-state index in [-0.39, 0.29) is 43.0 Å². The van der Waals surface area contributed by atoms with Crippen LogP contribution in [0.4, 0.5) is 4.79 Å². The normalized spacial score (nSPS) is 21.5. The zero-order valence-electron chi connectivity index (χ0n) is 18.7. The highest BCUT2D eigenvalue weighted by Crippen LogP contribution is 2.31. The van der Waals surface area contributed by atoms with Crippen molar-refractivity contribution in [1.82, 2.24) is 16.0 Å². The minimum absolute atomic E-state index is 0.0611. The molecule has 3 amide bonds. The largest absolute Gasteiger partial charge is 0.445 e. The minimum atomic E-state index is -0.634. The van der Waals surface area contributed by atoms with Gasteiger partial charge >= 0.3 is 6.09 Å². The van der Waals surface area contributed by atoms with E-state index in [1.807, 2.05) is 42.5 Å². The third kappa shape index (κ3) is 6.34. The molecule has 0 spiro atoms. The number of amides is 3. The first kappa shape index (κ1) is 22.8. The summed E-state index contributed by atoms with van der Waals surface area (Å²) in [6.07, 6.45) is 4.58. The van der Waals surface area contributed by atoms with E-state index in [4.69, 9.17) is 4.74 Å². The number of alkyl carbamates (subject to hydrolysis) is 1. The van der Waals surface area contributed by atoms with Crippen LogP contribution in [0.1, 0.15) is 54.8 Å². The van der Waals surface area contributed by atoms with Crippen molar-refractivity contribution in [2.24, 2.45) is 5.92 Å². The summed E-state index contributed by atoms with van der Waals surface area (Å²) in [6.45, 7) is -0.000970. The Kier molecular flexibility index (Phi) is 7.60. The second kappa shape index (κ2) is 11.0. The molecule has 2 aliphatic rings. The van der Waals surface area contributed by atoms with Gasteiger partial charge in [0.25, 0.3) is 0 Å². The monoisotopic (exact) mass is 449 g/mol. The molecule has 2 aromatic carbocycles. The van der Waals surface area contributed by atoms with Crippen LogP contribution in [0.15, 0.2) is 54.6 Å². The molecule has 0 unspecified atom stereocenters. The van der Waals surface area contributed by atoms with Crippen LogP contribution in [0.5, 0.6) is 0 Å². The lowest BCUT2D eigenvalue weighted by Gasteiger charge is -2.27. The van der Waals surface area contributed by atoms with Crippen molar-refractivity contribution < 1.29 is 19.1 Å². The maximum Gasteiger partial charge on any atom is 0.407 e. The average molecular weight is 450 g/mol. The van der Waals surface area contributed by atoms with E-state index in [0.717, 1.165) is 37.7 Å². The zero-order valence-corrected chi connectivity index (χ0v) is 18.7. The molecule has 0 heterocycles. The van der Waals surface area contributed by atoms with E-state index in [1.54, 1.807) is 0 Å². The van der Waals surface area contributed by atoms with Gasteiger partial charge in [0.2, 0.25) is 11.8 Å². The lowest BCUT2D eigenvalue weighted by Crippen LogP contribution is -2.41. The number of nitrogens with one attached hydrogen (secondary N) is 3. The number of ether oxygens (including phenoxy) is 1. The standard InChI is InChI=1S/C26H31N3O4/c30-24(16-27-26(32)33-17-18-7-2-1-3-8-18)28-21-14-13-20(15-21)25(31)29-23-12-6-10-19-9-4-5-11-22(19)23/h1-5,7-9,11,20-21,23H,6,10,12-17H2,(H,27,32)(H,28,30)(H,29,31)/t20-,21+,23+/m0/s1. The zero-order chi connectivity index (χ0) is 23.0. The molecule has 4 rings (SSSR count). The summed E-state index contributed by atoms with van der Waals surface area (Å²) in [7, 11) is 0. The molecule has 33 heavy (non-hydrogen) atoms. The molecule has 0 aromatic heterocycles. The van der Waals surface area contributed by atoms with Crippen molar-refractivity contribution in [3.63, 3.8) is 0 Å². The molecule has 0 bridgehead atoms. The molecule has 7 nitrogen and oxygen atoms in total. The van der Waals surface area contributed by atoms with Crippen LogP contribution in [0, 0.1) is 5.92 Å². The molecule has 2 aromatic rings. The molecule has 2 aliphatic carbocycles. The molecule has 1 saturated carbocycles. The topological polar surface area (TPSA) is 96.5 Å². The fraction of sp³-hybridized carbons (Fsp3) is 0.423. The number of benzene rings is 2.